The summed E-state index contributed by atoms with van der Waals surface area (Å²) in [6.45, 7) is 18.3. The van der Waals surface area contributed by atoms with Crippen LogP contribution in [0.4, 0.5) is 11.4 Å². The fraction of sp³-hybridized carbons (Fsp3) is 0.370. The average molecular weight is 543 g/mol. The van der Waals surface area contributed by atoms with Crippen molar-refractivity contribution >= 4 is 11.4 Å². The minimum absolute atomic E-state index is 0. The molecular formula is C27H39N2O3Rh+. The number of aryl methyl sites for hydroxylation is 6. The van der Waals surface area contributed by atoms with E-state index in [1.54, 1.807) is 6.92 Å². The van der Waals surface area contributed by atoms with Crippen molar-refractivity contribution in [3.05, 3.63) is 88.5 Å². The molecular weight excluding hydrogens is 503 g/mol. The van der Waals surface area contributed by atoms with Crippen LogP contribution in [0.1, 0.15) is 47.2 Å². The molecule has 3 rings (SSSR count). The van der Waals surface area contributed by atoms with E-state index in [9.17, 15) is 0 Å². The monoisotopic (exact) mass is 542 g/mol. The molecule has 3 N–H and O–H groups in total. The Hall–Kier alpha value is -2.14. The molecule has 1 aliphatic heterocycles. The van der Waals surface area contributed by atoms with Gasteiger partial charge in [0.05, 0.1) is 11.9 Å². The van der Waals surface area contributed by atoms with E-state index in [2.05, 4.69) is 94.7 Å². The largest absolute Gasteiger partial charge is 2.00 e. The summed E-state index contributed by atoms with van der Waals surface area (Å²) in [5.74, 6) is 0.162. The van der Waals surface area contributed by atoms with Gasteiger partial charge in [0, 0.05) is 18.5 Å². The molecule has 5 nitrogen and oxygen atoms in total. The molecule has 0 saturated heterocycles. The summed E-state index contributed by atoms with van der Waals surface area (Å²) >= 11 is 0. The first-order valence-corrected chi connectivity index (χ1v) is 10.8. The van der Waals surface area contributed by atoms with E-state index >= 15 is 0 Å². The van der Waals surface area contributed by atoms with Gasteiger partial charge >= 0.3 is 19.5 Å². The van der Waals surface area contributed by atoms with E-state index in [-0.39, 0.29) is 25.2 Å². The number of benzene rings is 2. The van der Waals surface area contributed by atoms with Gasteiger partial charge in [-0.1, -0.05) is 35.4 Å². The van der Waals surface area contributed by atoms with Crippen LogP contribution in [0.5, 0.6) is 0 Å². The SMILES string of the molecule is CC(O)=CC(C)O.CO.Cc1cc(C)c(N2C=CN(c3c(C)cc(C)cc3C)[CH-]2)c(C)c1.[Rh+2]. The summed E-state index contributed by atoms with van der Waals surface area (Å²) in [5, 5.41) is 23.9. The summed E-state index contributed by atoms with van der Waals surface area (Å²) in [5.41, 5.74) is 10.4. The normalized spacial score (nSPS) is 13.5. The van der Waals surface area contributed by atoms with Crippen LogP contribution in [0.2, 0.25) is 0 Å². The first kappa shape index (κ1) is 30.9. The topological polar surface area (TPSA) is 67.2 Å². The number of rotatable bonds is 3. The summed E-state index contributed by atoms with van der Waals surface area (Å²) in [4.78, 5) is 4.45. The Balaban J connectivity index is 0.000000884. The molecule has 0 aliphatic carbocycles. The molecule has 1 heterocycles. The maximum Gasteiger partial charge on any atom is 2.00 e. The number of nitrogens with zero attached hydrogens (tertiary/aromatic N) is 2. The number of anilines is 2. The van der Waals surface area contributed by atoms with Crippen LogP contribution in [0.15, 0.2) is 48.5 Å². The molecule has 0 saturated carbocycles. The quantitative estimate of drug-likeness (QED) is 0.257. The molecule has 1 unspecified atom stereocenters. The third-order valence-electron chi connectivity index (χ3n) is 4.91. The van der Waals surface area contributed by atoms with Crippen LogP contribution in [-0.4, -0.2) is 28.5 Å². The van der Waals surface area contributed by atoms with Gasteiger partial charge < -0.3 is 25.1 Å². The molecule has 1 atom stereocenters. The van der Waals surface area contributed by atoms with Gasteiger partial charge in [0.25, 0.3) is 0 Å². The maximum absolute atomic E-state index is 8.49. The molecule has 0 spiro atoms. The van der Waals surface area contributed by atoms with E-state index < -0.39 is 6.10 Å². The van der Waals surface area contributed by atoms with E-state index in [1.165, 1.54) is 57.8 Å². The minimum Gasteiger partial charge on any atom is -0.513 e. The Bertz CT molecular complexity index is 852. The van der Waals surface area contributed by atoms with Crippen LogP contribution in [-0.2, 0) is 19.5 Å². The summed E-state index contributed by atoms with van der Waals surface area (Å²) < 4.78 is 0. The van der Waals surface area contributed by atoms with Crippen molar-refractivity contribution in [2.75, 3.05) is 16.9 Å². The summed E-state index contributed by atoms with van der Waals surface area (Å²) in [7, 11) is 1.00. The zero-order chi connectivity index (χ0) is 24.6. The second-order valence-corrected chi connectivity index (χ2v) is 8.27. The van der Waals surface area contributed by atoms with E-state index in [0.717, 1.165) is 7.11 Å². The van der Waals surface area contributed by atoms with Crippen LogP contribution < -0.4 is 9.80 Å². The first-order chi connectivity index (χ1) is 15.0. The van der Waals surface area contributed by atoms with Crippen LogP contribution in [0, 0.1) is 48.2 Å². The third-order valence-corrected chi connectivity index (χ3v) is 4.91. The van der Waals surface area contributed by atoms with E-state index in [4.69, 9.17) is 15.3 Å². The molecule has 2 aromatic carbocycles. The second kappa shape index (κ2) is 14.2. The standard InChI is InChI=1S/C21H25N2.C5H10O2.CH4O.Rh/c1-14-9-16(3)20(17(4)10-14)22-7-8-23(13-22)21-18(5)11-15(2)12-19(21)6;1-4(6)3-5(2)7;1-2;/h7-13H,1-6H3;3-4,6-7H,1-2H3;2H,1H3;/q-1;;;+2. The molecule has 0 amide bonds. The fourth-order valence-electron chi connectivity index (χ4n) is 4.13. The second-order valence-electron chi connectivity index (χ2n) is 8.27. The Labute approximate surface area is 212 Å². The zero-order valence-corrected chi connectivity index (χ0v) is 22.9. The fourth-order valence-corrected chi connectivity index (χ4v) is 4.13. The first-order valence-electron chi connectivity index (χ1n) is 10.8. The van der Waals surface area contributed by atoms with Crippen LogP contribution in [0.3, 0.4) is 0 Å². The maximum atomic E-state index is 8.49. The number of aliphatic hydroxyl groups excluding tert-OH is 3. The van der Waals surface area contributed by atoms with Gasteiger partial charge in [-0.05, 0) is 96.1 Å². The summed E-state index contributed by atoms with van der Waals surface area (Å²) in [6.07, 6.45) is 5.11. The Morgan fingerprint density at radius 1 is 0.788 bits per heavy atom. The number of hydrogen-bond acceptors (Lipinski definition) is 5. The van der Waals surface area contributed by atoms with Crippen molar-refractivity contribution in [2.45, 2.75) is 61.5 Å². The van der Waals surface area contributed by atoms with Crippen molar-refractivity contribution in [1.82, 2.24) is 0 Å². The predicted octanol–water partition coefficient (Wildman–Crippen LogP) is 5.89. The van der Waals surface area contributed by atoms with Crippen molar-refractivity contribution in [2.24, 2.45) is 0 Å². The van der Waals surface area contributed by atoms with E-state index in [0.29, 0.717) is 0 Å². The zero-order valence-electron chi connectivity index (χ0n) is 21.3. The predicted molar refractivity (Wildman–Crippen MR) is 136 cm³/mol. The molecule has 0 fully saturated rings. The van der Waals surface area contributed by atoms with Crippen molar-refractivity contribution in [1.29, 1.82) is 0 Å². The third kappa shape index (κ3) is 8.96. The Morgan fingerprint density at radius 3 is 1.30 bits per heavy atom. The number of allylic oxidation sites excluding steroid dienone is 1. The minimum atomic E-state index is -0.537. The average Bonchev–Trinajstić information content (AvgIpc) is 3.10. The van der Waals surface area contributed by atoms with Gasteiger partial charge in [-0.3, -0.25) is 0 Å². The molecule has 183 valence electrons. The van der Waals surface area contributed by atoms with Crippen molar-refractivity contribution < 1.29 is 34.8 Å². The van der Waals surface area contributed by atoms with Crippen LogP contribution in [0.25, 0.3) is 0 Å². The van der Waals surface area contributed by atoms with Gasteiger partial charge in [-0.2, -0.15) is 0 Å². The molecule has 6 heteroatoms. The molecule has 0 bridgehead atoms. The van der Waals surface area contributed by atoms with Crippen molar-refractivity contribution in [3.8, 4) is 0 Å². The Kier molecular flexibility index (Phi) is 13.3. The van der Waals surface area contributed by atoms with Crippen LogP contribution >= 0.6 is 0 Å². The van der Waals surface area contributed by atoms with Gasteiger partial charge in [0.2, 0.25) is 0 Å². The number of hydrogen-bond donors (Lipinski definition) is 3. The van der Waals surface area contributed by atoms with E-state index in [1.807, 2.05) is 0 Å². The molecule has 33 heavy (non-hydrogen) atoms. The molecule has 1 aliphatic rings. The Morgan fingerprint density at radius 2 is 1.09 bits per heavy atom. The van der Waals surface area contributed by atoms with Gasteiger partial charge in [-0.15, -0.1) is 6.67 Å². The summed E-state index contributed by atoms with van der Waals surface area (Å²) in [6, 6.07) is 8.98. The molecule has 1 radical (unpaired) electrons. The molecule has 2 aromatic rings. The van der Waals surface area contributed by atoms with Gasteiger partial charge in [0.1, 0.15) is 0 Å². The smallest absolute Gasteiger partial charge is 0.513 e. The molecule has 0 aromatic heterocycles. The van der Waals surface area contributed by atoms with Gasteiger partial charge in [0.15, 0.2) is 0 Å². The van der Waals surface area contributed by atoms with Gasteiger partial charge in [-0.25, -0.2) is 0 Å². The van der Waals surface area contributed by atoms with Crippen molar-refractivity contribution in [3.63, 3.8) is 0 Å². The number of aliphatic hydroxyl groups is 3.